The van der Waals surface area contributed by atoms with Gasteiger partial charge in [-0.1, -0.05) is 12.1 Å². The zero-order valence-electron chi connectivity index (χ0n) is 11.1. The van der Waals surface area contributed by atoms with Gasteiger partial charge in [-0.2, -0.15) is 4.39 Å². The van der Waals surface area contributed by atoms with E-state index in [2.05, 4.69) is 10.3 Å². The lowest BCUT2D eigenvalue weighted by Crippen LogP contribution is -2.12. The molecule has 0 radical (unpaired) electrons. The molecule has 6 heteroatoms. The minimum Gasteiger partial charge on any atom is -0.346 e. The van der Waals surface area contributed by atoms with Gasteiger partial charge >= 0.3 is 0 Å². The molecule has 1 fully saturated rings. The van der Waals surface area contributed by atoms with Crippen LogP contribution in [0, 0.1) is 5.95 Å². The SMILES string of the molecule is O=C(Nc1ccc(C2OCCO2)cc1)c1ccc(F)nc1. The first-order valence-electron chi connectivity index (χ1n) is 6.48. The van der Waals surface area contributed by atoms with Crippen molar-refractivity contribution < 1.29 is 18.7 Å². The fourth-order valence-corrected chi connectivity index (χ4v) is 1.99. The molecule has 0 saturated carbocycles. The van der Waals surface area contributed by atoms with Gasteiger partial charge in [0.1, 0.15) is 0 Å². The van der Waals surface area contributed by atoms with E-state index in [1.54, 1.807) is 12.1 Å². The Kier molecular flexibility index (Phi) is 3.89. The summed E-state index contributed by atoms with van der Waals surface area (Å²) in [4.78, 5) is 15.4. The number of carbonyl (C=O) groups excluding carboxylic acids is 1. The molecule has 1 aromatic heterocycles. The number of carbonyl (C=O) groups is 1. The summed E-state index contributed by atoms with van der Waals surface area (Å²) in [7, 11) is 0. The maximum Gasteiger partial charge on any atom is 0.257 e. The number of amides is 1. The van der Waals surface area contributed by atoms with Crippen LogP contribution in [0.4, 0.5) is 10.1 Å². The van der Waals surface area contributed by atoms with E-state index in [0.717, 1.165) is 11.6 Å². The topological polar surface area (TPSA) is 60.5 Å². The number of nitrogens with zero attached hydrogens (tertiary/aromatic N) is 1. The minimum atomic E-state index is -0.618. The monoisotopic (exact) mass is 288 g/mol. The summed E-state index contributed by atoms with van der Waals surface area (Å²) in [5.41, 5.74) is 1.82. The Morgan fingerprint density at radius 1 is 1.14 bits per heavy atom. The number of rotatable bonds is 3. The molecule has 1 amide bonds. The molecule has 0 atom stereocenters. The smallest absolute Gasteiger partial charge is 0.257 e. The first-order valence-corrected chi connectivity index (χ1v) is 6.48. The van der Waals surface area contributed by atoms with Crippen LogP contribution in [0.25, 0.3) is 0 Å². The lowest BCUT2D eigenvalue weighted by molar-refractivity contribution is -0.0441. The molecule has 1 N–H and O–H groups in total. The van der Waals surface area contributed by atoms with Gasteiger partial charge in [0.05, 0.1) is 18.8 Å². The number of benzene rings is 1. The second-order valence-electron chi connectivity index (χ2n) is 4.52. The summed E-state index contributed by atoms with van der Waals surface area (Å²) in [5, 5.41) is 2.71. The molecule has 0 bridgehead atoms. The maximum absolute atomic E-state index is 12.7. The van der Waals surface area contributed by atoms with Crippen LogP contribution in [0.15, 0.2) is 42.6 Å². The van der Waals surface area contributed by atoms with Crippen LogP contribution in [0.3, 0.4) is 0 Å². The number of ether oxygens (including phenoxy) is 2. The third kappa shape index (κ3) is 3.24. The lowest BCUT2D eigenvalue weighted by atomic mass is 10.2. The zero-order chi connectivity index (χ0) is 14.7. The van der Waals surface area contributed by atoms with Crippen LogP contribution in [0.2, 0.25) is 0 Å². The van der Waals surface area contributed by atoms with Crippen molar-refractivity contribution in [3.8, 4) is 0 Å². The second kappa shape index (κ2) is 5.99. The van der Waals surface area contributed by atoms with Gasteiger partial charge in [0.15, 0.2) is 6.29 Å². The number of hydrogen-bond donors (Lipinski definition) is 1. The van der Waals surface area contributed by atoms with E-state index in [4.69, 9.17) is 9.47 Å². The number of nitrogens with one attached hydrogen (secondary N) is 1. The van der Waals surface area contributed by atoms with Crippen LogP contribution in [-0.2, 0) is 9.47 Å². The van der Waals surface area contributed by atoms with E-state index in [1.165, 1.54) is 12.3 Å². The largest absolute Gasteiger partial charge is 0.346 e. The van der Waals surface area contributed by atoms with Crippen molar-refractivity contribution >= 4 is 11.6 Å². The van der Waals surface area contributed by atoms with E-state index in [-0.39, 0.29) is 12.2 Å². The Hall–Kier alpha value is -2.31. The standard InChI is InChI=1S/C15H13FN2O3/c16-13-6-3-11(9-17-13)14(19)18-12-4-1-10(2-5-12)15-20-7-8-21-15/h1-6,9,15H,7-8H2,(H,18,19). The van der Waals surface area contributed by atoms with Gasteiger partial charge in [-0.05, 0) is 24.3 Å². The van der Waals surface area contributed by atoms with E-state index in [0.29, 0.717) is 24.5 Å². The normalized spacial score (nSPS) is 15.1. The van der Waals surface area contributed by atoms with Crippen molar-refractivity contribution in [3.05, 3.63) is 59.7 Å². The first kappa shape index (κ1) is 13.7. The van der Waals surface area contributed by atoms with Crippen LogP contribution in [0.1, 0.15) is 22.2 Å². The second-order valence-corrected chi connectivity index (χ2v) is 4.52. The van der Waals surface area contributed by atoms with Crippen LogP contribution in [-0.4, -0.2) is 24.1 Å². The van der Waals surface area contributed by atoms with Gasteiger partial charge in [0, 0.05) is 17.4 Å². The van der Waals surface area contributed by atoms with Crippen molar-refractivity contribution in [2.24, 2.45) is 0 Å². The predicted octanol–water partition coefficient (Wildman–Crippen LogP) is 2.52. The van der Waals surface area contributed by atoms with E-state index in [1.807, 2.05) is 12.1 Å². The van der Waals surface area contributed by atoms with Crippen molar-refractivity contribution in [3.63, 3.8) is 0 Å². The van der Waals surface area contributed by atoms with Gasteiger partial charge in [0.25, 0.3) is 5.91 Å². The highest BCUT2D eigenvalue weighted by Crippen LogP contribution is 2.24. The molecule has 0 unspecified atom stereocenters. The molecule has 1 saturated heterocycles. The zero-order valence-corrected chi connectivity index (χ0v) is 11.1. The molecular formula is C15H13FN2O3. The Balaban J connectivity index is 1.67. The molecule has 3 rings (SSSR count). The summed E-state index contributed by atoms with van der Waals surface area (Å²) >= 11 is 0. The van der Waals surface area contributed by atoms with Gasteiger partial charge in [-0.25, -0.2) is 4.98 Å². The fourth-order valence-electron chi connectivity index (χ4n) is 1.99. The highest BCUT2D eigenvalue weighted by molar-refractivity contribution is 6.03. The molecular weight excluding hydrogens is 275 g/mol. The quantitative estimate of drug-likeness (QED) is 0.882. The average molecular weight is 288 g/mol. The van der Waals surface area contributed by atoms with Crippen LogP contribution < -0.4 is 5.32 Å². The van der Waals surface area contributed by atoms with E-state index < -0.39 is 5.95 Å². The summed E-state index contributed by atoms with van der Waals surface area (Å²) in [5.74, 6) is -0.962. The lowest BCUT2D eigenvalue weighted by Gasteiger charge is -2.10. The molecule has 2 heterocycles. The van der Waals surface area contributed by atoms with Gasteiger partial charge in [-0.15, -0.1) is 0 Å². The molecule has 0 spiro atoms. The number of anilines is 1. The van der Waals surface area contributed by atoms with Gasteiger partial charge in [0.2, 0.25) is 5.95 Å². The third-order valence-electron chi connectivity index (χ3n) is 3.05. The highest BCUT2D eigenvalue weighted by atomic mass is 19.1. The van der Waals surface area contributed by atoms with Crippen molar-refractivity contribution in [2.45, 2.75) is 6.29 Å². The van der Waals surface area contributed by atoms with E-state index >= 15 is 0 Å². The van der Waals surface area contributed by atoms with Crippen LogP contribution >= 0.6 is 0 Å². The molecule has 0 aliphatic carbocycles. The Morgan fingerprint density at radius 2 is 1.86 bits per heavy atom. The molecule has 1 aliphatic rings. The predicted molar refractivity (Wildman–Crippen MR) is 73.2 cm³/mol. The van der Waals surface area contributed by atoms with Crippen molar-refractivity contribution in [1.29, 1.82) is 0 Å². The maximum atomic E-state index is 12.7. The number of aromatic nitrogens is 1. The minimum absolute atomic E-state index is 0.294. The molecule has 1 aliphatic heterocycles. The fraction of sp³-hybridized carbons (Fsp3) is 0.200. The molecule has 5 nitrogen and oxygen atoms in total. The van der Waals surface area contributed by atoms with Gasteiger partial charge in [-0.3, -0.25) is 4.79 Å². The van der Waals surface area contributed by atoms with Crippen LogP contribution in [0.5, 0.6) is 0 Å². The molecule has 21 heavy (non-hydrogen) atoms. The number of pyridine rings is 1. The Labute approximate surface area is 120 Å². The Morgan fingerprint density at radius 3 is 2.48 bits per heavy atom. The molecule has 2 aromatic rings. The summed E-state index contributed by atoms with van der Waals surface area (Å²) in [6.07, 6.45) is 0.857. The third-order valence-corrected chi connectivity index (χ3v) is 3.05. The number of hydrogen-bond acceptors (Lipinski definition) is 4. The van der Waals surface area contributed by atoms with E-state index in [9.17, 15) is 9.18 Å². The molecule has 108 valence electrons. The van der Waals surface area contributed by atoms with Crippen molar-refractivity contribution in [2.75, 3.05) is 18.5 Å². The first-order chi connectivity index (χ1) is 10.2. The highest BCUT2D eigenvalue weighted by Gasteiger charge is 2.18. The van der Waals surface area contributed by atoms with Crippen molar-refractivity contribution in [1.82, 2.24) is 4.98 Å². The van der Waals surface area contributed by atoms with Gasteiger partial charge < -0.3 is 14.8 Å². The summed E-state index contributed by atoms with van der Waals surface area (Å²) < 4.78 is 23.5. The number of halogens is 1. The Bertz CT molecular complexity index is 622. The average Bonchev–Trinajstić information content (AvgIpc) is 3.03. The summed E-state index contributed by atoms with van der Waals surface area (Å²) in [6, 6.07) is 9.70. The summed E-state index contributed by atoms with van der Waals surface area (Å²) in [6.45, 7) is 1.17. The molecule has 1 aromatic carbocycles.